The van der Waals surface area contributed by atoms with Crippen molar-refractivity contribution in [1.29, 1.82) is 0 Å². The smallest absolute Gasteiger partial charge is 0.125 e. The molecule has 1 fully saturated rings. The first-order chi connectivity index (χ1) is 12.8. The molecule has 0 bridgehead atoms. The zero-order valence-corrected chi connectivity index (χ0v) is 18.2. The average molecular weight is 375 g/mol. The summed E-state index contributed by atoms with van der Waals surface area (Å²) in [4.78, 5) is 0. The molecule has 2 rings (SSSR count). The second kappa shape index (κ2) is 9.85. The molecule has 0 aromatic heterocycles. The molecular weight excluding hydrogens is 332 g/mol. The Bertz CT molecular complexity index is 584. The molecular formula is C25H42O2. The fourth-order valence-electron chi connectivity index (χ4n) is 3.89. The van der Waals surface area contributed by atoms with Crippen LogP contribution in [-0.2, 0) is 12.8 Å². The van der Waals surface area contributed by atoms with Gasteiger partial charge in [-0.3, -0.25) is 0 Å². The molecule has 0 unspecified atom stereocenters. The summed E-state index contributed by atoms with van der Waals surface area (Å²) in [7, 11) is 0. The average Bonchev–Trinajstić information content (AvgIpc) is 3.36. The van der Waals surface area contributed by atoms with Crippen molar-refractivity contribution in [1.82, 2.24) is 0 Å². The van der Waals surface area contributed by atoms with Crippen molar-refractivity contribution in [3.8, 4) is 11.5 Å². The summed E-state index contributed by atoms with van der Waals surface area (Å²) in [6.07, 6.45) is 15.4. The van der Waals surface area contributed by atoms with Gasteiger partial charge in [0.15, 0.2) is 0 Å². The molecule has 0 radical (unpaired) electrons. The van der Waals surface area contributed by atoms with Gasteiger partial charge < -0.3 is 10.2 Å². The molecule has 154 valence electrons. The second-order valence-corrected chi connectivity index (χ2v) is 10.0. The highest BCUT2D eigenvalue weighted by Crippen LogP contribution is 2.49. The van der Waals surface area contributed by atoms with Gasteiger partial charge in [-0.25, -0.2) is 0 Å². The first kappa shape index (κ1) is 22.1. The molecule has 2 N–H and O–H groups in total. The van der Waals surface area contributed by atoms with Gasteiger partial charge in [-0.05, 0) is 73.8 Å². The molecule has 0 spiro atoms. The highest BCUT2D eigenvalue weighted by molar-refractivity contribution is 5.48. The number of phenolic OH excluding ortho intramolecular Hbond substituents is 2. The standard InChI is InChI=1S/C25H42O2/c1-5-24(2,3)16-10-7-6-8-12-20-14-15-22(26)21(23(20)27)13-9-11-17-25(4)18-19-25/h14-15,26-27H,5-13,16-19H2,1-4H3. The quantitative estimate of drug-likeness (QED) is 0.350. The number of unbranched alkanes of at least 4 members (excludes halogenated alkanes) is 4. The number of benzene rings is 1. The van der Waals surface area contributed by atoms with E-state index in [-0.39, 0.29) is 5.75 Å². The van der Waals surface area contributed by atoms with Crippen molar-refractivity contribution in [3.05, 3.63) is 23.3 Å². The molecule has 0 saturated heterocycles. The fraction of sp³-hybridized carbons (Fsp3) is 0.760. The minimum Gasteiger partial charge on any atom is -0.508 e. The molecule has 2 heteroatoms. The van der Waals surface area contributed by atoms with Crippen LogP contribution >= 0.6 is 0 Å². The van der Waals surface area contributed by atoms with Crippen molar-refractivity contribution in [2.75, 3.05) is 0 Å². The third-order valence-corrected chi connectivity index (χ3v) is 6.91. The van der Waals surface area contributed by atoms with Gasteiger partial charge in [0.2, 0.25) is 0 Å². The van der Waals surface area contributed by atoms with Crippen LogP contribution in [0.1, 0.15) is 109 Å². The molecule has 1 aromatic carbocycles. The molecule has 27 heavy (non-hydrogen) atoms. The lowest BCUT2D eigenvalue weighted by molar-refractivity contribution is 0.307. The van der Waals surface area contributed by atoms with Crippen molar-refractivity contribution >= 4 is 0 Å². The van der Waals surface area contributed by atoms with Crippen LogP contribution < -0.4 is 0 Å². The van der Waals surface area contributed by atoms with Gasteiger partial charge in [-0.2, -0.15) is 0 Å². The molecule has 1 saturated carbocycles. The Labute approximate surface area is 167 Å². The number of aromatic hydroxyl groups is 2. The van der Waals surface area contributed by atoms with Gasteiger partial charge in [0, 0.05) is 5.56 Å². The van der Waals surface area contributed by atoms with E-state index in [2.05, 4.69) is 27.7 Å². The minimum atomic E-state index is 0.260. The number of rotatable bonds is 13. The van der Waals surface area contributed by atoms with Crippen LogP contribution in [0.5, 0.6) is 11.5 Å². The predicted octanol–water partition coefficient (Wildman–Crippen LogP) is 7.54. The Morgan fingerprint density at radius 1 is 0.926 bits per heavy atom. The fourth-order valence-corrected chi connectivity index (χ4v) is 3.89. The third kappa shape index (κ3) is 7.39. The number of aryl methyl sites for hydroxylation is 1. The van der Waals surface area contributed by atoms with Crippen molar-refractivity contribution < 1.29 is 10.2 Å². The highest BCUT2D eigenvalue weighted by Gasteiger charge is 2.35. The summed E-state index contributed by atoms with van der Waals surface area (Å²) < 4.78 is 0. The van der Waals surface area contributed by atoms with Crippen molar-refractivity contribution in [3.63, 3.8) is 0 Å². The van der Waals surface area contributed by atoms with Crippen LogP contribution in [0.4, 0.5) is 0 Å². The normalized spacial score (nSPS) is 15.9. The summed E-state index contributed by atoms with van der Waals surface area (Å²) in [6.45, 7) is 9.35. The van der Waals surface area contributed by atoms with Crippen LogP contribution in [0.2, 0.25) is 0 Å². The Morgan fingerprint density at radius 2 is 1.59 bits per heavy atom. The van der Waals surface area contributed by atoms with Crippen LogP contribution in [0.25, 0.3) is 0 Å². The van der Waals surface area contributed by atoms with E-state index in [0.717, 1.165) is 36.8 Å². The van der Waals surface area contributed by atoms with E-state index in [0.29, 0.717) is 16.6 Å². The molecule has 1 aliphatic carbocycles. The molecule has 1 aromatic rings. The molecule has 0 amide bonds. The lowest BCUT2D eigenvalue weighted by Crippen LogP contribution is -2.08. The summed E-state index contributed by atoms with van der Waals surface area (Å²) >= 11 is 0. The maximum Gasteiger partial charge on any atom is 0.125 e. The molecule has 0 heterocycles. The third-order valence-electron chi connectivity index (χ3n) is 6.91. The van der Waals surface area contributed by atoms with Crippen LogP contribution in [0.3, 0.4) is 0 Å². The van der Waals surface area contributed by atoms with Crippen LogP contribution in [0, 0.1) is 10.8 Å². The molecule has 0 atom stereocenters. The molecule has 2 nitrogen and oxygen atoms in total. The van der Waals surface area contributed by atoms with Gasteiger partial charge in [-0.1, -0.05) is 65.9 Å². The highest BCUT2D eigenvalue weighted by atomic mass is 16.3. The van der Waals surface area contributed by atoms with E-state index >= 15 is 0 Å². The van der Waals surface area contributed by atoms with Gasteiger partial charge >= 0.3 is 0 Å². The zero-order valence-electron chi connectivity index (χ0n) is 18.2. The zero-order chi connectivity index (χ0) is 19.9. The van der Waals surface area contributed by atoms with Crippen LogP contribution in [-0.4, -0.2) is 10.2 Å². The SMILES string of the molecule is CCC(C)(C)CCCCCCc1ccc(O)c(CCCCC2(C)CC2)c1O. The maximum absolute atomic E-state index is 10.6. The Kier molecular flexibility index (Phi) is 8.06. The van der Waals surface area contributed by atoms with E-state index in [1.54, 1.807) is 6.07 Å². The Hall–Kier alpha value is -1.18. The summed E-state index contributed by atoms with van der Waals surface area (Å²) in [5.41, 5.74) is 2.84. The summed E-state index contributed by atoms with van der Waals surface area (Å²) in [5.74, 6) is 0.607. The largest absolute Gasteiger partial charge is 0.508 e. The van der Waals surface area contributed by atoms with E-state index in [4.69, 9.17) is 0 Å². The predicted molar refractivity (Wildman–Crippen MR) is 116 cm³/mol. The van der Waals surface area contributed by atoms with E-state index in [1.165, 1.54) is 57.8 Å². The Morgan fingerprint density at radius 3 is 2.26 bits per heavy atom. The van der Waals surface area contributed by atoms with Gasteiger partial charge in [0.05, 0.1) is 0 Å². The molecule has 0 aliphatic heterocycles. The monoisotopic (exact) mass is 374 g/mol. The summed E-state index contributed by atoms with van der Waals surface area (Å²) in [5, 5.41) is 20.8. The lowest BCUT2D eigenvalue weighted by Gasteiger charge is -2.22. The topological polar surface area (TPSA) is 40.5 Å². The lowest BCUT2D eigenvalue weighted by atomic mass is 9.84. The summed E-state index contributed by atoms with van der Waals surface area (Å²) in [6, 6.07) is 3.68. The van der Waals surface area contributed by atoms with Gasteiger partial charge in [0.25, 0.3) is 0 Å². The molecule has 1 aliphatic rings. The Balaban J connectivity index is 1.73. The van der Waals surface area contributed by atoms with E-state index in [9.17, 15) is 10.2 Å². The second-order valence-electron chi connectivity index (χ2n) is 10.0. The first-order valence-corrected chi connectivity index (χ1v) is 11.3. The van der Waals surface area contributed by atoms with Gasteiger partial charge in [-0.15, -0.1) is 0 Å². The number of hydrogen-bond acceptors (Lipinski definition) is 2. The minimum absolute atomic E-state index is 0.260. The number of hydrogen-bond donors (Lipinski definition) is 2. The van der Waals surface area contributed by atoms with Gasteiger partial charge in [0.1, 0.15) is 11.5 Å². The first-order valence-electron chi connectivity index (χ1n) is 11.3. The van der Waals surface area contributed by atoms with Crippen LogP contribution in [0.15, 0.2) is 12.1 Å². The van der Waals surface area contributed by atoms with E-state index < -0.39 is 0 Å². The van der Waals surface area contributed by atoms with Crippen molar-refractivity contribution in [2.24, 2.45) is 10.8 Å². The van der Waals surface area contributed by atoms with Crippen molar-refractivity contribution in [2.45, 2.75) is 111 Å². The number of phenols is 2. The maximum atomic E-state index is 10.6. The van der Waals surface area contributed by atoms with E-state index in [1.807, 2.05) is 6.07 Å².